The van der Waals surface area contributed by atoms with Gasteiger partial charge in [-0.1, -0.05) is 39.5 Å². The van der Waals surface area contributed by atoms with Crippen molar-refractivity contribution in [1.29, 1.82) is 0 Å². The quantitative estimate of drug-likeness (QED) is 0.714. The predicted octanol–water partition coefficient (Wildman–Crippen LogP) is 3.05. The van der Waals surface area contributed by atoms with Crippen molar-refractivity contribution in [2.75, 3.05) is 5.23 Å². The second-order valence-electron chi connectivity index (χ2n) is 3.83. The molecule has 0 aliphatic rings. The van der Waals surface area contributed by atoms with E-state index in [1.807, 2.05) is 18.2 Å². The van der Waals surface area contributed by atoms with E-state index in [1.165, 1.54) is 0 Å². The highest BCUT2D eigenvalue weighted by atomic mass is 16.4. The van der Waals surface area contributed by atoms with Crippen LogP contribution in [0.2, 0.25) is 19.0 Å². The van der Waals surface area contributed by atoms with Gasteiger partial charge in [0.1, 0.15) is 5.82 Å². The Balaban J connectivity index is 2.49. The lowest BCUT2D eigenvalue weighted by Crippen LogP contribution is -2.34. The van der Waals surface area contributed by atoms with Crippen molar-refractivity contribution >= 4 is 19.8 Å². The summed E-state index contributed by atoms with van der Waals surface area (Å²) >= 11 is 0. The van der Waals surface area contributed by atoms with Gasteiger partial charge in [0.25, 0.3) is 6.92 Å². The number of anilines is 1. The molecular formula is C11H20B2N2O. The van der Waals surface area contributed by atoms with Gasteiger partial charge in [-0.2, -0.15) is 0 Å². The molecule has 0 amide bonds. The van der Waals surface area contributed by atoms with Crippen LogP contribution >= 0.6 is 0 Å². The van der Waals surface area contributed by atoms with Gasteiger partial charge in [0, 0.05) is 6.20 Å². The predicted molar refractivity (Wildman–Crippen MR) is 71.9 cm³/mol. The zero-order chi connectivity index (χ0) is 11.8. The van der Waals surface area contributed by atoms with Crippen molar-refractivity contribution in [1.82, 2.24) is 4.98 Å². The van der Waals surface area contributed by atoms with Crippen LogP contribution in [0.1, 0.15) is 20.8 Å². The molecule has 0 atom stereocenters. The molecule has 0 bridgehead atoms. The molecular weight excluding hydrogens is 198 g/mol. The van der Waals surface area contributed by atoms with Gasteiger partial charge in [0.05, 0.1) is 0 Å². The van der Waals surface area contributed by atoms with Crippen LogP contribution in [0.5, 0.6) is 0 Å². The highest BCUT2D eigenvalue weighted by molar-refractivity contribution is 6.67. The lowest BCUT2D eigenvalue weighted by atomic mass is 9.59. The molecule has 86 valence electrons. The molecule has 5 heteroatoms. The zero-order valence-corrected chi connectivity index (χ0v) is 10.4. The van der Waals surface area contributed by atoms with E-state index in [-0.39, 0.29) is 7.05 Å². The third-order valence-corrected chi connectivity index (χ3v) is 2.61. The fourth-order valence-electron chi connectivity index (χ4n) is 1.56. The minimum absolute atomic E-state index is 0.0554. The highest BCUT2D eigenvalue weighted by Gasteiger charge is 2.20. The molecule has 0 fully saturated rings. The smallest absolute Gasteiger partial charge is 0.398 e. The largest absolute Gasteiger partial charge is 0.480 e. The van der Waals surface area contributed by atoms with Crippen molar-refractivity contribution in [3.05, 3.63) is 24.4 Å². The number of nitrogens with one attached hydrogen (secondary N) is 1. The van der Waals surface area contributed by atoms with E-state index < -0.39 is 0 Å². The Kier molecular flexibility index (Phi) is 6.01. The second-order valence-corrected chi connectivity index (χ2v) is 3.83. The molecule has 1 rings (SSSR count). The molecule has 3 nitrogen and oxygen atoms in total. The summed E-state index contributed by atoms with van der Waals surface area (Å²) in [5.41, 5.74) is 0. The molecule has 1 heterocycles. The highest BCUT2D eigenvalue weighted by Crippen LogP contribution is 2.08. The van der Waals surface area contributed by atoms with E-state index >= 15 is 0 Å². The van der Waals surface area contributed by atoms with Gasteiger partial charge in [-0.15, -0.1) is 0 Å². The van der Waals surface area contributed by atoms with Crippen LogP contribution in [-0.2, 0) is 4.57 Å². The summed E-state index contributed by atoms with van der Waals surface area (Å²) < 4.78 is 5.95. The van der Waals surface area contributed by atoms with Gasteiger partial charge in [-0.05, 0) is 18.5 Å². The maximum absolute atomic E-state index is 5.95. The lowest BCUT2D eigenvalue weighted by Gasteiger charge is -2.18. The van der Waals surface area contributed by atoms with Crippen LogP contribution < -0.4 is 5.23 Å². The maximum Gasteiger partial charge on any atom is 0.398 e. The van der Waals surface area contributed by atoms with Crippen molar-refractivity contribution < 1.29 is 4.57 Å². The maximum atomic E-state index is 5.95. The molecule has 0 spiro atoms. The number of rotatable bonds is 7. The van der Waals surface area contributed by atoms with Crippen LogP contribution in [0, 0.1) is 0 Å². The Bertz CT molecular complexity index is 281. The van der Waals surface area contributed by atoms with Gasteiger partial charge >= 0.3 is 7.05 Å². The summed E-state index contributed by atoms with van der Waals surface area (Å²) in [6, 6.07) is 5.84. The number of aromatic nitrogens is 1. The number of hydrogen-bond donors (Lipinski definition) is 1. The van der Waals surface area contributed by atoms with E-state index in [2.05, 4.69) is 31.0 Å². The monoisotopic (exact) mass is 218 g/mol. The lowest BCUT2D eigenvalue weighted by molar-refractivity contribution is 0.583. The van der Waals surface area contributed by atoms with Crippen molar-refractivity contribution in [3.63, 3.8) is 0 Å². The Hall–Kier alpha value is -0.960. The molecule has 0 saturated carbocycles. The third kappa shape index (κ3) is 4.27. The standard InChI is InChI=1S/C11H20B2N2O/c1-4-12(5-2)16-13(6-3)15-11-9-7-8-10-14-11/h7-10H,4-6H2,1-3H3,(H,14,15). The average Bonchev–Trinajstić information content (AvgIpc) is 2.35. The molecule has 0 aliphatic heterocycles. The molecule has 0 aromatic carbocycles. The SMILES string of the molecule is CCB(CC)OB(CC)Nc1ccccn1. The molecule has 0 aliphatic carbocycles. The summed E-state index contributed by atoms with van der Waals surface area (Å²) in [7, 11) is 0.0554. The first-order chi connectivity index (χ1) is 7.80. The van der Waals surface area contributed by atoms with Crippen molar-refractivity contribution in [2.24, 2.45) is 0 Å². The molecule has 1 aromatic rings. The molecule has 0 unspecified atom stereocenters. The minimum atomic E-state index is 0.0554. The van der Waals surface area contributed by atoms with Crippen molar-refractivity contribution in [2.45, 2.75) is 39.7 Å². The molecule has 16 heavy (non-hydrogen) atoms. The van der Waals surface area contributed by atoms with Crippen LogP contribution in [0.4, 0.5) is 5.82 Å². The zero-order valence-electron chi connectivity index (χ0n) is 10.4. The van der Waals surface area contributed by atoms with Crippen LogP contribution in [0.25, 0.3) is 0 Å². The van der Waals surface area contributed by atoms with Crippen LogP contribution in [0.15, 0.2) is 24.4 Å². The van der Waals surface area contributed by atoms with E-state index in [0.717, 1.165) is 24.8 Å². The topological polar surface area (TPSA) is 34.1 Å². The first-order valence-electron chi connectivity index (χ1n) is 6.13. The van der Waals surface area contributed by atoms with Crippen LogP contribution in [0.3, 0.4) is 0 Å². The Morgan fingerprint density at radius 3 is 2.44 bits per heavy atom. The van der Waals surface area contributed by atoms with Gasteiger partial charge in [0.2, 0.25) is 0 Å². The average molecular weight is 218 g/mol. The van der Waals surface area contributed by atoms with E-state index in [1.54, 1.807) is 6.20 Å². The van der Waals surface area contributed by atoms with Crippen LogP contribution in [-0.4, -0.2) is 19.0 Å². The summed E-state index contributed by atoms with van der Waals surface area (Å²) in [4.78, 5) is 4.23. The van der Waals surface area contributed by atoms with E-state index in [9.17, 15) is 0 Å². The first kappa shape index (κ1) is 13.1. The summed E-state index contributed by atoms with van der Waals surface area (Å²) in [6.07, 6.45) is 4.83. The minimum Gasteiger partial charge on any atom is -0.480 e. The summed E-state index contributed by atoms with van der Waals surface area (Å²) in [5, 5.41) is 3.29. The third-order valence-electron chi connectivity index (χ3n) is 2.61. The first-order valence-corrected chi connectivity index (χ1v) is 6.13. The van der Waals surface area contributed by atoms with Gasteiger partial charge in [-0.3, -0.25) is 0 Å². The number of pyridine rings is 1. The fourth-order valence-corrected chi connectivity index (χ4v) is 1.56. The molecule has 1 N–H and O–H groups in total. The summed E-state index contributed by atoms with van der Waals surface area (Å²) in [6.45, 7) is 6.76. The summed E-state index contributed by atoms with van der Waals surface area (Å²) in [5.74, 6) is 0.875. The Morgan fingerprint density at radius 1 is 1.19 bits per heavy atom. The molecule has 0 radical (unpaired) electrons. The normalized spacial score (nSPS) is 9.94. The Morgan fingerprint density at radius 2 is 1.94 bits per heavy atom. The van der Waals surface area contributed by atoms with Gasteiger partial charge in [-0.25, -0.2) is 4.98 Å². The Labute approximate surface area is 99.2 Å². The number of nitrogens with zero attached hydrogens (tertiary/aromatic N) is 1. The van der Waals surface area contributed by atoms with Gasteiger partial charge < -0.3 is 9.80 Å². The number of hydrogen-bond acceptors (Lipinski definition) is 3. The molecule has 0 saturated heterocycles. The van der Waals surface area contributed by atoms with Crippen molar-refractivity contribution in [3.8, 4) is 0 Å². The fraction of sp³-hybridized carbons (Fsp3) is 0.545. The second kappa shape index (κ2) is 7.34. The van der Waals surface area contributed by atoms with E-state index in [4.69, 9.17) is 4.57 Å². The van der Waals surface area contributed by atoms with E-state index in [0.29, 0.717) is 6.92 Å². The van der Waals surface area contributed by atoms with Gasteiger partial charge in [0.15, 0.2) is 0 Å². The molecule has 1 aromatic heterocycles.